The summed E-state index contributed by atoms with van der Waals surface area (Å²) in [5.41, 5.74) is 1.22. The number of nitrogens with zero attached hydrogens (tertiary/aromatic N) is 1. The molecule has 0 aliphatic rings. The third kappa shape index (κ3) is 2.29. The Labute approximate surface area is 78.0 Å². The van der Waals surface area contributed by atoms with Crippen LogP contribution in [0, 0.1) is 0 Å². The monoisotopic (exact) mass is 184 g/mol. The second-order valence-electron chi connectivity index (χ2n) is 2.99. The predicted octanol–water partition coefficient (Wildman–Crippen LogP) is 2.03. The van der Waals surface area contributed by atoms with Crippen LogP contribution in [-0.4, -0.2) is 18.6 Å². The van der Waals surface area contributed by atoms with Gasteiger partial charge in [-0.25, -0.2) is 4.98 Å². The SMILES string of the molecule is CCc1csc(C(C)CNC)n1. The molecular weight excluding hydrogens is 168 g/mol. The first-order valence-corrected chi connectivity index (χ1v) is 5.24. The van der Waals surface area contributed by atoms with Gasteiger partial charge in [0, 0.05) is 17.8 Å². The number of thiazole rings is 1. The van der Waals surface area contributed by atoms with Crippen LogP contribution in [0.4, 0.5) is 0 Å². The maximum Gasteiger partial charge on any atom is 0.0969 e. The molecule has 0 saturated heterocycles. The lowest BCUT2D eigenvalue weighted by molar-refractivity contribution is 0.671. The van der Waals surface area contributed by atoms with Crippen molar-refractivity contribution in [3.8, 4) is 0 Å². The van der Waals surface area contributed by atoms with Gasteiger partial charge in [0.25, 0.3) is 0 Å². The molecule has 3 heteroatoms. The Hall–Kier alpha value is -0.410. The van der Waals surface area contributed by atoms with E-state index in [-0.39, 0.29) is 0 Å². The summed E-state index contributed by atoms with van der Waals surface area (Å²) >= 11 is 1.77. The smallest absolute Gasteiger partial charge is 0.0969 e. The Morgan fingerprint density at radius 3 is 2.92 bits per heavy atom. The molecule has 12 heavy (non-hydrogen) atoms. The quantitative estimate of drug-likeness (QED) is 0.774. The molecule has 1 atom stereocenters. The van der Waals surface area contributed by atoms with Gasteiger partial charge in [-0.3, -0.25) is 0 Å². The van der Waals surface area contributed by atoms with Crippen molar-refractivity contribution in [3.63, 3.8) is 0 Å². The van der Waals surface area contributed by atoms with Crippen LogP contribution < -0.4 is 5.32 Å². The summed E-state index contributed by atoms with van der Waals surface area (Å²) in [5.74, 6) is 0.542. The highest BCUT2D eigenvalue weighted by Gasteiger charge is 2.08. The second kappa shape index (κ2) is 4.58. The van der Waals surface area contributed by atoms with Gasteiger partial charge in [0.2, 0.25) is 0 Å². The summed E-state index contributed by atoms with van der Waals surface area (Å²) in [5, 5.41) is 6.57. The van der Waals surface area contributed by atoms with Crippen molar-refractivity contribution in [3.05, 3.63) is 16.1 Å². The van der Waals surface area contributed by atoms with E-state index >= 15 is 0 Å². The molecule has 68 valence electrons. The number of rotatable bonds is 4. The van der Waals surface area contributed by atoms with Crippen molar-refractivity contribution in [2.75, 3.05) is 13.6 Å². The molecule has 2 nitrogen and oxygen atoms in total. The van der Waals surface area contributed by atoms with Crippen molar-refractivity contribution in [2.45, 2.75) is 26.2 Å². The summed E-state index contributed by atoms with van der Waals surface area (Å²) in [6.07, 6.45) is 1.04. The van der Waals surface area contributed by atoms with Gasteiger partial charge in [-0.1, -0.05) is 13.8 Å². The van der Waals surface area contributed by atoms with Gasteiger partial charge < -0.3 is 5.32 Å². The number of hydrogen-bond donors (Lipinski definition) is 1. The normalized spacial score (nSPS) is 13.2. The van der Waals surface area contributed by atoms with Crippen LogP contribution in [0.25, 0.3) is 0 Å². The number of aryl methyl sites for hydroxylation is 1. The fourth-order valence-electron chi connectivity index (χ4n) is 1.10. The number of nitrogens with one attached hydrogen (secondary N) is 1. The fraction of sp³-hybridized carbons (Fsp3) is 0.667. The molecule has 0 spiro atoms. The minimum Gasteiger partial charge on any atom is -0.319 e. The third-order valence-electron chi connectivity index (χ3n) is 1.86. The number of aromatic nitrogens is 1. The van der Waals surface area contributed by atoms with Gasteiger partial charge in [0.15, 0.2) is 0 Å². The zero-order chi connectivity index (χ0) is 8.97. The molecule has 0 amide bonds. The molecule has 0 aliphatic heterocycles. The van der Waals surface area contributed by atoms with E-state index in [1.54, 1.807) is 11.3 Å². The van der Waals surface area contributed by atoms with Crippen molar-refractivity contribution >= 4 is 11.3 Å². The summed E-state index contributed by atoms with van der Waals surface area (Å²) in [4.78, 5) is 4.53. The minimum atomic E-state index is 0.542. The van der Waals surface area contributed by atoms with Crippen LogP contribution in [0.5, 0.6) is 0 Å². The first-order chi connectivity index (χ1) is 5.77. The van der Waals surface area contributed by atoms with E-state index in [0.29, 0.717) is 5.92 Å². The van der Waals surface area contributed by atoms with Crippen molar-refractivity contribution < 1.29 is 0 Å². The molecule has 0 aliphatic carbocycles. The standard InChI is InChI=1S/C9H16N2S/c1-4-8-6-12-9(11-8)7(2)5-10-3/h6-7,10H,4-5H2,1-3H3. The van der Waals surface area contributed by atoms with Gasteiger partial charge >= 0.3 is 0 Å². The van der Waals surface area contributed by atoms with Crippen LogP contribution in [0.1, 0.15) is 30.5 Å². The van der Waals surface area contributed by atoms with E-state index in [0.717, 1.165) is 13.0 Å². The van der Waals surface area contributed by atoms with E-state index in [2.05, 4.69) is 29.5 Å². The van der Waals surface area contributed by atoms with E-state index < -0.39 is 0 Å². The van der Waals surface area contributed by atoms with E-state index in [4.69, 9.17) is 0 Å². The molecule has 0 aromatic carbocycles. The van der Waals surface area contributed by atoms with Gasteiger partial charge in [-0.2, -0.15) is 0 Å². The number of likely N-dealkylation sites (N-methyl/N-ethyl adjacent to an activating group) is 1. The molecule has 1 heterocycles. The van der Waals surface area contributed by atoms with Crippen LogP contribution in [-0.2, 0) is 6.42 Å². The fourth-order valence-corrected chi connectivity index (χ4v) is 2.07. The first-order valence-electron chi connectivity index (χ1n) is 4.36. The van der Waals surface area contributed by atoms with Gasteiger partial charge in [0.1, 0.15) is 0 Å². The zero-order valence-electron chi connectivity index (χ0n) is 7.92. The minimum absolute atomic E-state index is 0.542. The Morgan fingerprint density at radius 2 is 2.42 bits per heavy atom. The van der Waals surface area contributed by atoms with Crippen molar-refractivity contribution in [2.24, 2.45) is 0 Å². The lowest BCUT2D eigenvalue weighted by Crippen LogP contribution is -2.14. The van der Waals surface area contributed by atoms with Crippen LogP contribution in [0.2, 0.25) is 0 Å². The Kier molecular flexibility index (Phi) is 3.69. The highest BCUT2D eigenvalue weighted by molar-refractivity contribution is 7.09. The van der Waals surface area contributed by atoms with Crippen LogP contribution in [0.15, 0.2) is 5.38 Å². The first kappa shape index (κ1) is 9.68. The van der Waals surface area contributed by atoms with Crippen molar-refractivity contribution in [1.82, 2.24) is 10.3 Å². The average molecular weight is 184 g/mol. The molecule has 0 fully saturated rings. The van der Waals surface area contributed by atoms with Crippen LogP contribution >= 0.6 is 11.3 Å². The largest absolute Gasteiger partial charge is 0.319 e. The summed E-state index contributed by atoms with van der Waals surface area (Å²) in [6, 6.07) is 0. The zero-order valence-corrected chi connectivity index (χ0v) is 8.74. The number of hydrogen-bond acceptors (Lipinski definition) is 3. The highest BCUT2D eigenvalue weighted by Crippen LogP contribution is 2.19. The topological polar surface area (TPSA) is 24.9 Å². The Balaban J connectivity index is 2.61. The lowest BCUT2D eigenvalue weighted by atomic mass is 10.2. The molecular formula is C9H16N2S. The Morgan fingerprint density at radius 1 is 1.67 bits per heavy atom. The molecule has 1 N–H and O–H groups in total. The molecule has 0 radical (unpaired) electrons. The van der Waals surface area contributed by atoms with Gasteiger partial charge in [0.05, 0.1) is 10.7 Å². The molecule has 1 aromatic rings. The summed E-state index contributed by atoms with van der Waals surface area (Å²) in [6.45, 7) is 5.35. The average Bonchev–Trinajstić information content (AvgIpc) is 2.52. The molecule has 0 saturated carbocycles. The van der Waals surface area contributed by atoms with Crippen LogP contribution in [0.3, 0.4) is 0 Å². The molecule has 1 aromatic heterocycles. The Bertz CT molecular complexity index is 232. The lowest BCUT2D eigenvalue weighted by Gasteiger charge is -2.05. The highest BCUT2D eigenvalue weighted by atomic mass is 32.1. The maximum absolute atomic E-state index is 4.53. The summed E-state index contributed by atoms with van der Waals surface area (Å²) < 4.78 is 0. The van der Waals surface area contributed by atoms with E-state index in [1.807, 2.05) is 7.05 Å². The molecule has 1 unspecified atom stereocenters. The van der Waals surface area contributed by atoms with E-state index in [1.165, 1.54) is 10.7 Å². The maximum atomic E-state index is 4.53. The second-order valence-corrected chi connectivity index (χ2v) is 3.88. The third-order valence-corrected chi connectivity index (χ3v) is 2.99. The van der Waals surface area contributed by atoms with Crippen molar-refractivity contribution in [1.29, 1.82) is 0 Å². The molecule has 1 rings (SSSR count). The summed E-state index contributed by atoms with van der Waals surface area (Å²) in [7, 11) is 1.98. The molecule has 0 bridgehead atoms. The van der Waals surface area contributed by atoms with Gasteiger partial charge in [-0.15, -0.1) is 11.3 Å². The van der Waals surface area contributed by atoms with E-state index in [9.17, 15) is 0 Å². The van der Waals surface area contributed by atoms with Gasteiger partial charge in [-0.05, 0) is 13.5 Å². The predicted molar refractivity (Wildman–Crippen MR) is 53.8 cm³/mol.